The van der Waals surface area contributed by atoms with Gasteiger partial charge in [0.2, 0.25) is 0 Å². The molecule has 1 heterocycles. The molecule has 18 heavy (non-hydrogen) atoms. The van der Waals surface area contributed by atoms with Crippen LogP contribution in [0.1, 0.15) is 18.9 Å². The highest BCUT2D eigenvalue weighted by Crippen LogP contribution is 2.23. The molecule has 4 heteroatoms. The van der Waals surface area contributed by atoms with Gasteiger partial charge in [0.05, 0.1) is 12.0 Å². The summed E-state index contributed by atoms with van der Waals surface area (Å²) in [7, 11) is 0. The zero-order valence-corrected chi connectivity index (χ0v) is 11.4. The first-order chi connectivity index (χ1) is 8.79. The second-order valence-corrected chi connectivity index (χ2v) is 5.55. The van der Waals surface area contributed by atoms with Crippen LogP contribution in [-0.4, -0.2) is 29.7 Å². The molecule has 98 valence electrons. The summed E-state index contributed by atoms with van der Waals surface area (Å²) in [6, 6.07) is 10.3. The molecule has 2 atom stereocenters. The number of esters is 1. The maximum Gasteiger partial charge on any atom is 0.324 e. The number of thioether (sulfide) groups is 1. The van der Waals surface area contributed by atoms with Gasteiger partial charge in [-0.25, -0.2) is 0 Å². The van der Waals surface area contributed by atoms with E-state index in [2.05, 4.69) is 29.6 Å². The van der Waals surface area contributed by atoms with Crippen LogP contribution >= 0.6 is 11.8 Å². The van der Waals surface area contributed by atoms with E-state index in [9.17, 15) is 4.79 Å². The molecule has 2 rings (SSSR count). The van der Waals surface area contributed by atoms with Crippen LogP contribution in [0.3, 0.4) is 0 Å². The topological polar surface area (TPSA) is 38.3 Å². The second kappa shape index (κ2) is 6.81. The number of carbonyl (C=O) groups excluding carboxylic acids is 1. The third-order valence-corrected chi connectivity index (χ3v) is 4.26. The molecule has 3 nitrogen and oxygen atoms in total. The van der Waals surface area contributed by atoms with Gasteiger partial charge in [0.1, 0.15) is 6.04 Å². The summed E-state index contributed by atoms with van der Waals surface area (Å²) in [5, 5.41) is 3.69. The monoisotopic (exact) mass is 265 g/mol. The number of hydrogen-bond acceptors (Lipinski definition) is 4. The van der Waals surface area contributed by atoms with E-state index in [4.69, 9.17) is 4.74 Å². The highest BCUT2D eigenvalue weighted by Gasteiger charge is 2.30. The summed E-state index contributed by atoms with van der Waals surface area (Å²) in [4.78, 5) is 11.6. The lowest BCUT2D eigenvalue weighted by atomic mass is 10.1. The van der Waals surface area contributed by atoms with Crippen molar-refractivity contribution in [2.24, 2.45) is 0 Å². The average molecular weight is 265 g/mol. The lowest BCUT2D eigenvalue weighted by Crippen LogP contribution is -2.38. The normalized spacial score (nSPS) is 22.9. The molecule has 1 aromatic carbocycles. The fourth-order valence-corrected chi connectivity index (χ4v) is 3.22. The first-order valence-corrected chi connectivity index (χ1v) is 7.42. The zero-order chi connectivity index (χ0) is 12.8. The minimum Gasteiger partial charge on any atom is -0.465 e. The van der Waals surface area contributed by atoms with Crippen LogP contribution in [0.25, 0.3) is 0 Å². The number of carbonyl (C=O) groups is 1. The van der Waals surface area contributed by atoms with Gasteiger partial charge in [-0.05, 0) is 25.3 Å². The molecule has 1 saturated heterocycles. The molecule has 0 amide bonds. The van der Waals surface area contributed by atoms with Gasteiger partial charge in [0.15, 0.2) is 0 Å². The minimum atomic E-state index is -0.129. The van der Waals surface area contributed by atoms with Gasteiger partial charge in [-0.2, -0.15) is 0 Å². The Morgan fingerprint density at radius 2 is 2.22 bits per heavy atom. The van der Waals surface area contributed by atoms with E-state index in [1.165, 1.54) is 5.56 Å². The van der Waals surface area contributed by atoms with E-state index in [0.717, 1.165) is 18.6 Å². The van der Waals surface area contributed by atoms with Gasteiger partial charge in [0, 0.05) is 5.75 Å². The Morgan fingerprint density at radius 1 is 1.44 bits per heavy atom. The molecule has 0 aliphatic carbocycles. The molecule has 0 aromatic heterocycles. The van der Waals surface area contributed by atoms with Crippen molar-refractivity contribution in [1.82, 2.24) is 5.32 Å². The third kappa shape index (κ3) is 3.75. The van der Waals surface area contributed by atoms with Crippen LogP contribution in [0.15, 0.2) is 30.3 Å². The number of benzene rings is 1. The Bertz CT molecular complexity index is 383. The smallest absolute Gasteiger partial charge is 0.324 e. The maximum absolute atomic E-state index is 11.6. The summed E-state index contributed by atoms with van der Waals surface area (Å²) in [6.07, 6.45) is 2.09. The van der Waals surface area contributed by atoms with E-state index in [1.54, 1.807) is 0 Å². The molecule has 0 bridgehead atoms. The number of ether oxygens (including phenoxy) is 1. The molecule has 0 radical (unpaired) electrons. The third-order valence-electron chi connectivity index (χ3n) is 2.96. The molecule has 0 unspecified atom stereocenters. The van der Waals surface area contributed by atoms with E-state index in [1.807, 2.05) is 24.8 Å². The molecule has 1 aromatic rings. The van der Waals surface area contributed by atoms with E-state index in [-0.39, 0.29) is 12.0 Å². The maximum atomic E-state index is 11.6. The molecule has 1 fully saturated rings. The van der Waals surface area contributed by atoms with Crippen LogP contribution in [0.4, 0.5) is 0 Å². The molecule has 1 aliphatic heterocycles. The van der Waals surface area contributed by atoms with Crippen molar-refractivity contribution < 1.29 is 9.53 Å². The molecular weight excluding hydrogens is 246 g/mol. The van der Waals surface area contributed by atoms with Gasteiger partial charge in [-0.15, -0.1) is 11.8 Å². The van der Waals surface area contributed by atoms with Gasteiger partial charge in [-0.3, -0.25) is 10.1 Å². The van der Waals surface area contributed by atoms with Gasteiger partial charge >= 0.3 is 5.97 Å². The van der Waals surface area contributed by atoms with Crippen LogP contribution in [-0.2, 0) is 16.0 Å². The Balaban J connectivity index is 1.74. The molecule has 0 saturated carbocycles. The van der Waals surface area contributed by atoms with Crippen molar-refractivity contribution in [3.8, 4) is 0 Å². The summed E-state index contributed by atoms with van der Waals surface area (Å²) in [5.41, 5.74) is 1.35. The molecule has 0 spiro atoms. The van der Waals surface area contributed by atoms with Gasteiger partial charge in [0.25, 0.3) is 0 Å². The lowest BCUT2D eigenvalue weighted by Gasteiger charge is -2.12. The zero-order valence-electron chi connectivity index (χ0n) is 10.6. The number of hydrogen-bond donors (Lipinski definition) is 1. The van der Waals surface area contributed by atoms with Crippen LogP contribution < -0.4 is 5.32 Å². The van der Waals surface area contributed by atoms with Crippen LogP contribution in [0.2, 0.25) is 0 Å². The highest BCUT2D eigenvalue weighted by molar-refractivity contribution is 8.00. The highest BCUT2D eigenvalue weighted by atomic mass is 32.2. The Morgan fingerprint density at radius 3 is 2.94 bits per heavy atom. The molecule has 1 aliphatic rings. The Hall–Kier alpha value is -1.00. The van der Waals surface area contributed by atoms with Crippen molar-refractivity contribution in [3.05, 3.63) is 35.9 Å². The quantitative estimate of drug-likeness (QED) is 0.829. The lowest BCUT2D eigenvalue weighted by molar-refractivity contribution is -0.144. The van der Waals surface area contributed by atoms with E-state index >= 15 is 0 Å². The van der Waals surface area contributed by atoms with E-state index < -0.39 is 0 Å². The van der Waals surface area contributed by atoms with Crippen molar-refractivity contribution in [1.29, 1.82) is 0 Å². The standard InChI is InChI=1S/C14H19NO2S/c1-2-17-14(16)12-10-18-13(15-12)9-8-11-6-4-3-5-7-11/h3-7,12-13,15H,2,8-10H2,1H3/t12-,13+/m1/s1. The summed E-state index contributed by atoms with van der Waals surface area (Å²) >= 11 is 1.81. The molecular formula is C14H19NO2S. The summed E-state index contributed by atoms with van der Waals surface area (Å²) in [5.74, 6) is 0.699. The number of aryl methyl sites for hydroxylation is 1. The first kappa shape index (κ1) is 13.4. The first-order valence-electron chi connectivity index (χ1n) is 6.38. The van der Waals surface area contributed by atoms with Crippen molar-refractivity contribution in [2.45, 2.75) is 31.2 Å². The fourth-order valence-electron chi connectivity index (χ4n) is 2.02. The summed E-state index contributed by atoms with van der Waals surface area (Å²) < 4.78 is 5.02. The average Bonchev–Trinajstić information content (AvgIpc) is 2.87. The molecule has 1 N–H and O–H groups in total. The van der Waals surface area contributed by atoms with Crippen molar-refractivity contribution >= 4 is 17.7 Å². The van der Waals surface area contributed by atoms with Gasteiger partial charge < -0.3 is 4.74 Å². The van der Waals surface area contributed by atoms with Crippen molar-refractivity contribution in [3.63, 3.8) is 0 Å². The fraction of sp³-hybridized carbons (Fsp3) is 0.500. The predicted octanol–water partition coefficient (Wildman–Crippen LogP) is 2.21. The largest absolute Gasteiger partial charge is 0.465 e. The van der Waals surface area contributed by atoms with Gasteiger partial charge in [-0.1, -0.05) is 30.3 Å². The minimum absolute atomic E-state index is 0.118. The second-order valence-electron chi connectivity index (χ2n) is 4.32. The number of rotatable bonds is 5. The van der Waals surface area contributed by atoms with Crippen molar-refractivity contribution in [2.75, 3.05) is 12.4 Å². The van der Waals surface area contributed by atoms with Crippen LogP contribution in [0.5, 0.6) is 0 Å². The summed E-state index contributed by atoms with van der Waals surface area (Å²) in [6.45, 7) is 2.29. The van der Waals surface area contributed by atoms with Crippen LogP contribution in [0, 0.1) is 0 Å². The Labute approximate surface area is 112 Å². The Kier molecular flexibility index (Phi) is 5.08. The predicted molar refractivity (Wildman–Crippen MR) is 74.6 cm³/mol. The van der Waals surface area contributed by atoms with E-state index in [0.29, 0.717) is 12.0 Å². The SMILES string of the molecule is CCOC(=O)[C@H]1CS[C@@H](CCc2ccccc2)N1. The number of nitrogens with one attached hydrogen (secondary N) is 1.